The normalized spacial score (nSPS) is 28.1. The first-order chi connectivity index (χ1) is 22.3. The van der Waals surface area contributed by atoms with Crippen LogP contribution >= 0.6 is 11.8 Å². The Kier molecular flexibility index (Phi) is 6.82. The van der Waals surface area contributed by atoms with Gasteiger partial charge in [0.05, 0.1) is 18.5 Å². The van der Waals surface area contributed by atoms with E-state index in [1.807, 2.05) is 11.8 Å². The second kappa shape index (κ2) is 11.3. The van der Waals surface area contributed by atoms with Gasteiger partial charge in [-0.05, 0) is 56.2 Å². The van der Waals surface area contributed by atoms with Crippen LogP contribution in [0.15, 0.2) is 156 Å². The first-order valence-corrected chi connectivity index (χ1v) is 16.9. The Balaban J connectivity index is 1.08. The zero-order valence-corrected chi connectivity index (χ0v) is 25.8. The lowest BCUT2D eigenvalue weighted by molar-refractivity contribution is 0.224. The van der Waals surface area contributed by atoms with Crippen molar-refractivity contribution in [3.05, 3.63) is 174 Å². The topological polar surface area (TPSA) is 36.1 Å². The molecule has 3 nitrogen and oxygen atoms in total. The first kappa shape index (κ1) is 27.1. The van der Waals surface area contributed by atoms with Gasteiger partial charge in [0.15, 0.2) is 0 Å². The van der Waals surface area contributed by atoms with Gasteiger partial charge in [0, 0.05) is 22.0 Å². The highest BCUT2D eigenvalue weighted by Crippen LogP contribution is 2.52. The number of rotatable bonds is 4. The van der Waals surface area contributed by atoms with Crippen molar-refractivity contribution in [2.75, 3.05) is 0 Å². The zero-order valence-electron chi connectivity index (χ0n) is 24.9. The summed E-state index contributed by atoms with van der Waals surface area (Å²) in [5, 5.41) is 14.9. The van der Waals surface area contributed by atoms with Crippen LogP contribution in [0.1, 0.15) is 41.0 Å². The minimum absolute atomic E-state index is 0.000226. The van der Waals surface area contributed by atoms with E-state index in [0.29, 0.717) is 17.1 Å². The van der Waals surface area contributed by atoms with Crippen LogP contribution in [0.25, 0.3) is 21.9 Å². The van der Waals surface area contributed by atoms with Crippen molar-refractivity contribution in [1.29, 1.82) is 0 Å². The number of hydrogen-bond donors (Lipinski definition) is 3. The molecular weight excluding hydrogens is 567 g/mol. The fraction of sp³-hybridized carbons (Fsp3) is 0.171. The van der Waals surface area contributed by atoms with Gasteiger partial charge in [-0.3, -0.25) is 16.0 Å². The second-order valence-corrected chi connectivity index (χ2v) is 13.7. The number of allylic oxidation sites excluding steroid dienone is 9. The highest BCUT2D eigenvalue weighted by Gasteiger charge is 2.37. The average Bonchev–Trinajstić information content (AvgIpc) is 3.51. The second-order valence-electron chi connectivity index (χ2n) is 12.5. The van der Waals surface area contributed by atoms with Crippen LogP contribution in [-0.4, -0.2) is 11.4 Å². The molecule has 0 saturated carbocycles. The van der Waals surface area contributed by atoms with Gasteiger partial charge < -0.3 is 0 Å². The van der Waals surface area contributed by atoms with Crippen LogP contribution in [0, 0.1) is 11.8 Å². The SMILES string of the molecule is C1=CC2C=CC=C(c3ccc(C4NC(C5=C6c7ccc8ccccc8c7SC6CC=C5)NC(c5ccccc5)N4)cc3)C2C=C1. The summed E-state index contributed by atoms with van der Waals surface area (Å²) in [5.74, 6) is 0.838. The van der Waals surface area contributed by atoms with Crippen molar-refractivity contribution in [3.63, 3.8) is 0 Å². The highest BCUT2D eigenvalue weighted by atomic mass is 32.2. The molecule has 1 saturated heterocycles. The Hall–Kier alpha value is -4.19. The minimum atomic E-state index is -0.0204. The summed E-state index contributed by atoms with van der Waals surface area (Å²) in [7, 11) is 0. The quantitative estimate of drug-likeness (QED) is 0.218. The largest absolute Gasteiger partial charge is 0.279 e. The summed E-state index contributed by atoms with van der Waals surface area (Å²) in [6, 6.07) is 33.4. The molecule has 0 radical (unpaired) electrons. The molecule has 6 atom stereocenters. The molecule has 0 spiro atoms. The zero-order chi connectivity index (χ0) is 29.7. The molecule has 2 aliphatic heterocycles. The molecule has 0 aromatic heterocycles. The Morgan fingerprint density at radius 1 is 0.644 bits per heavy atom. The maximum absolute atomic E-state index is 3.98. The molecule has 4 heteroatoms. The molecule has 1 fully saturated rings. The van der Waals surface area contributed by atoms with E-state index in [9.17, 15) is 0 Å². The molecule has 45 heavy (non-hydrogen) atoms. The molecular formula is C41H35N3S. The van der Waals surface area contributed by atoms with E-state index in [1.54, 1.807) is 0 Å². The van der Waals surface area contributed by atoms with Crippen LogP contribution < -0.4 is 16.0 Å². The minimum Gasteiger partial charge on any atom is -0.279 e. The van der Waals surface area contributed by atoms with Gasteiger partial charge in [-0.15, -0.1) is 11.8 Å². The van der Waals surface area contributed by atoms with Gasteiger partial charge in [0.25, 0.3) is 0 Å². The standard InChI is InChI=1S/C41H35N3S/c1-2-12-29(13-3-1)39-42-40(30-22-20-28(21-23-30)32-17-8-14-26-10-4-6-15-31(26)32)44-41(43-39)35-18-9-19-36-37(35)34-25-24-27-11-5-7-16-33(27)38(34)45-36/h1-18,20-26,31,36,39-44H,19H2. The molecule has 4 aromatic carbocycles. The third-order valence-corrected chi connectivity index (χ3v) is 11.3. The van der Waals surface area contributed by atoms with Gasteiger partial charge in [0.2, 0.25) is 0 Å². The van der Waals surface area contributed by atoms with Gasteiger partial charge in [-0.25, -0.2) is 0 Å². The van der Waals surface area contributed by atoms with E-state index in [4.69, 9.17) is 0 Å². The highest BCUT2D eigenvalue weighted by molar-refractivity contribution is 8.01. The van der Waals surface area contributed by atoms with E-state index in [1.165, 1.54) is 54.6 Å². The van der Waals surface area contributed by atoms with Crippen molar-refractivity contribution >= 4 is 33.7 Å². The summed E-state index contributed by atoms with van der Waals surface area (Å²) < 4.78 is 0. The van der Waals surface area contributed by atoms with Crippen molar-refractivity contribution in [1.82, 2.24) is 16.0 Å². The van der Waals surface area contributed by atoms with Gasteiger partial charge in [0.1, 0.15) is 0 Å². The molecule has 9 rings (SSSR count). The van der Waals surface area contributed by atoms with Gasteiger partial charge in [-0.1, -0.05) is 146 Å². The number of hydrogen-bond acceptors (Lipinski definition) is 4. The smallest absolute Gasteiger partial charge is 0.0867 e. The summed E-state index contributed by atoms with van der Waals surface area (Å²) in [5.41, 5.74) is 9.36. The summed E-state index contributed by atoms with van der Waals surface area (Å²) in [6.07, 6.45) is 21.5. The van der Waals surface area contributed by atoms with Crippen LogP contribution in [0.3, 0.4) is 0 Å². The molecule has 0 bridgehead atoms. The van der Waals surface area contributed by atoms with Crippen molar-refractivity contribution in [2.24, 2.45) is 11.8 Å². The first-order valence-electron chi connectivity index (χ1n) is 16.1. The van der Waals surface area contributed by atoms with E-state index in [-0.39, 0.29) is 18.5 Å². The molecule has 3 aliphatic carbocycles. The fourth-order valence-electron chi connectivity index (χ4n) is 7.65. The summed E-state index contributed by atoms with van der Waals surface area (Å²) >= 11 is 2.04. The molecule has 6 unspecified atom stereocenters. The van der Waals surface area contributed by atoms with Gasteiger partial charge in [-0.2, -0.15) is 0 Å². The Bertz CT molecular complexity index is 1960. The number of fused-ring (bicyclic) bond motifs is 6. The predicted octanol–water partition coefficient (Wildman–Crippen LogP) is 8.85. The predicted molar refractivity (Wildman–Crippen MR) is 188 cm³/mol. The van der Waals surface area contributed by atoms with E-state index < -0.39 is 0 Å². The van der Waals surface area contributed by atoms with Crippen LogP contribution in [0.4, 0.5) is 0 Å². The number of nitrogens with one attached hydrogen (secondary N) is 3. The van der Waals surface area contributed by atoms with Gasteiger partial charge >= 0.3 is 0 Å². The maximum atomic E-state index is 3.98. The molecule has 0 amide bonds. The maximum Gasteiger partial charge on any atom is 0.0867 e. The monoisotopic (exact) mass is 601 g/mol. The van der Waals surface area contributed by atoms with Crippen molar-refractivity contribution < 1.29 is 0 Å². The average molecular weight is 602 g/mol. The molecule has 5 aliphatic rings. The Morgan fingerprint density at radius 3 is 2.24 bits per heavy atom. The molecule has 2 heterocycles. The summed E-state index contributed by atoms with van der Waals surface area (Å²) in [6.45, 7) is 0. The lowest BCUT2D eigenvalue weighted by Gasteiger charge is -2.41. The molecule has 4 aromatic rings. The molecule has 220 valence electrons. The Morgan fingerprint density at radius 2 is 1.38 bits per heavy atom. The Labute approximate surface area is 269 Å². The molecule has 3 N–H and O–H groups in total. The van der Waals surface area contributed by atoms with Crippen molar-refractivity contribution in [3.8, 4) is 0 Å². The van der Waals surface area contributed by atoms with E-state index >= 15 is 0 Å². The van der Waals surface area contributed by atoms with Crippen LogP contribution in [-0.2, 0) is 0 Å². The van der Waals surface area contributed by atoms with E-state index in [0.717, 1.165) is 6.42 Å². The third-order valence-electron chi connectivity index (χ3n) is 9.88. The number of thioether (sulfide) groups is 1. The van der Waals surface area contributed by atoms with Crippen molar-refractivity contribution in [2.45, 2.75) is 35.1 Å². The third kappa shape index (κ3) is 4.81. The lowest BCUT2D eigenvalue weighted by atomic mass is 9.77. The van der Waals surface area contributed by atoms with E-state index in [2.05, 4.69) is 162 Å². The van der Waals surface area contributed by atoms with Crippen LogP contribution in [0.5, 0.6) is 0 Å². The fourth-order valence-corrected chi connectivity index (χ4v) is 9.14. The number of benzene rings is 4. The summed E-state index contributed by atoms with van der Waals surface area (Å²) in [4.78, 5) is 1.42. The van der Waals surface area contributed by atoms with Crippen LogP contribution in [0.2, 0.25) is 0 Å². The lowest BCUT2D eigenvalue weighted by Crippen LogP contribution is -2.59.